The number of nitrogens with zero attached hydrogens (tertiary/aromatic N) is 7. The first-order valence-electron chi connectivity index (χ1n) is 14.9. The Morgan fingerprint density at radius 2 is 1.93 bits per heavy atom. The van der Waals surface area contributed by atoms with E-state index in [0.29, 0.717) is 30.0 Å². The SMILES string of the molecule is CCN1CCC(Oc2ccc(-c3nc(-c4cnn5ccccc45)nc(N[C@@H]4CCCN(C(=O)CC#N)C4)c3F)cc2)CC1. The van der Waals surface area contributed by atoms with Crippen LogP contribution in [0.3, 0.4) is 0 Å². The van der Waals surface area contributed by atoms with Gasteiger partial charge in [0.1, 0.15) is 24.0 Å². The van der Waals surface area contributed by atoms with E-state index >= 15 is 4.39 Å². The number of hydrogen-bond acceptors (Lipinski definition) is 8. The number of carbonyl (C=O) groups is 1. The van der Waals surface area contributed by atoms with Gasteiger partial charge in [-0.2, -0.15) is 10.4 Å². The number of likely N-dealkylation sites (tertiary alicyclic amines) is 2. The Hall–Kier alpha value is -4.56. The maximum atomic E-state index is 16.2. The van der Waals surface area contributed by atoms with Crippen LogP contribution >= 0.6 is 0 Å². The lowest BCUT2D eigenvalue weighted by Gasteiger charge is -2.33. The normalized spacial score (nSPS) is 18.0. The quantitative estimate of drug-likeness (QED) is 0.316. The molecule has 2 saturated heterocycles. The standard InChI is InChI=1S/C32H35FN8O2/c1-2-39-18-13-25(14-19-39)43-24-10-8-22(9-11-24)30-29(33)32(36-23-6-5-16-40(21-23)28(42)12-15-34)38-31(37-30)26-20-35-41-17-4-3-7-27(26)41/h3-4,7-11,17,20,23,25H,2,5-6,12-14,16,18-19,21H2,1H3,(H,36,37,38)/t23-/m1/s1. The minimum Gasteiger partial charge on any atom is -0.490 e. The minimum atomic E-state index is -0.568. The summed E-state index contributed by atoms with van der Waals surface area (Å²) in [6, 6.07) is 14.8. The molecule has 11 heteroatoms. The number of nitriles is 1. The van der Waals surface area contributed by atoms with Gasteiger partial charge in [0.25, 0.3) is 0 Å². The molecule has 0 bridgehead atoms. The molecule has 6 rings (SSSR count). The molecule has 4 aromatic rings. The van der Waals surface area contributed by atoms with Gasteiger partial charge in [0.2, 0.25) is 5.91 Å². The average molecular weight is 583 g/mol. The third-order valence-electron chi connectivity index (χ3n) is 8.28. The third kappa shape index (κ3) is 6.29. The van der Waals surface area contributed by atoms with Gasteiger partial charge >= 0.3 is 0 Å². The van der Waals surface area contributed by atoms with Crippen molar-refractivity contribution in [3.8, 4) is 34.5 Å². The van der Waals surface area contributed by atoms with Crippen molar-refractivity contribution in [1.29, 1.82) is 5.26 Å². The van der Waals surface area contributed by atoms with Crippen LogP contribution in [0, 0.1) is 17.1 Å². The van der Waals surface area contributed by atoms with Crippen LogP contribution in [-0.2, 0) is 4.79 Å². The number of fused-ring (bicyclic) bond motifs is 1. The largest absolute Gasteiger partial charge is 0.490 e. The highest BCUT2D eigenvalue weighted by Crippen LogP contribution is 2.32. The summed E-state index contributed by atoms with van der Waals surface area (Å²) >= 11 is 0. The Balaban J connectivity index is 1.30. The molecule has 222 valence electrons. The Morgan fingerprint density at radius 1 is 1.12 bits per heavy atom. The summed E-state index contributed by atoms with van der Waals surface area (Å²) in [5, 5.41) is 16.6. The van der Waals surface area contributed by atoms with E-state index in [2.05, 4.69) is 27.2 Å². The fourth-order valence-corrected chi connectivity index (χ4v) is 5.88. The number of hydrogen-bond donors (Lipinski definition) is 1. The smallest absolute Gasteiger partial charge is 0.236 e. The number of nitrogens with one attached hydrogen (secondary N) is 1. The first-order chi connectivity index (χ1) is 21.0. The summed E-state index contributed by atoms with van der Waals surface area (Å²) in [6.45, 7) is 6.23. The number of halogens is 1. The second-order valence-electron chi connectivity index (χ2n) is 11.1. The Morgan fingerprint density at radius 3 is 2.70 bits per heavy atom. The van der Waals surface area contributed by atoms with Crippen molar-refractivity contribution in [2.45, 2.75) is 51.2 Å². The van der Waals surface area contributed by atoms with Gasteiger partial charge in [-0.05, 0) is 68.6 Å². The second-order valence-corrected chi connectivity index (χ2v) is 11.1. The van der Waals surface area contributed by atoms with Crippen molar-refractivity contribution in [3.05, 3.63) is 60.7 Å². The number of benzene rings is 1. The second kappa shape index (κ2) is 12.8. The van der Waals surface area contributed by atoms with Gasteiger partial charge in [-0.25, -0.2) is 18.9 Å². The number of pyridine rings is 1. The van der Waals surface area contributed by atoms with Crippen molar-refractivity contribution >= 4 is 17.2 Å². The molecule has 0 radical (unpaired) electrons. The molecule has 43 heavy (non-hydrogen) atoms. The van der Waals surface area contributed by atoms with E-state index < -0.39 is 5.82 Å². The van der Waals surface area contributed by atoms with Gasteiger partial charge in [0.05, 0.1) is 23.3 Å². The average Bonchev–Trinajstić information content (AvgIpc) is 3.47. The summed E-state index contributed by atoms with van der Waals surface area (Å²) in [5.41, 5.74) is 2.25. The van der Waals surface area contributed by atoms with Crippen LogP contribution in [0.1, 0.15) is 39.0 Å². The van der Waals surface area contributed by atoms with Gasteiger partial charge in [-0.1, -0.05) is 13.0 Å². The summed E-state index contributed by atoms with van der Waals surface area (Å²) in [6.07, 6.45) is 6.96. The molecule has 0 aliphatic carbocycles. The minimum absolute atomic E-state index is 0.0675. The summed E-state index contributed by atoms with van der Waals surface area (Å²) in [4.78, 5) is 25.8. The van der Waals surface area contributed by atoms with E-state index in [9.17, 15) is 4.79 Å². The molecule has 1 aromatic carbocycles. The maximum Gasteiger partial charge on any atom is 0.236 e. The van der Waals surface area contributed by atoms with E-state index in [-0.39, 0.29) is 36.0 Å². The maximum absolute atomic E-state index is 16.2. The molecule has 0 saturated carbocycles. The first-order valence-corrected chi connectivity index (χ1v) is 14.9. The molecule has 2 aliphatic heterocycles. The topological polar surface area (TPSA) is 112 Å². The van der Waals surface area contributed by atoms with Crippen molar-refractivity contribution in [3.63, 3.8) is 0 Å². The fraction of sp³-hybridized carbons (Fsp3) is 0.406. The van der Waals surface area contributed by atoms with E-state index in [0.717, 1.165) is 56.6 Å². The summed E-state index contributed by atoms with van der Waals surface area (Å²) < 4.78 is 24.2. The monoisotopic (exact) mass is 582 g/mol. The van der Waals surface area contributed by atoms with Crippen LogP contribution in [0.2, 0.25) is 0 Å². The lowest BCUT2D eigenvalue weighted by molar-refractivity contribution is -0.131. The molecule has 2 aliphatic rings. The van der Waals surface area contributed by atoms with E-state index in [1.165, 1.54) is 0 Å². The Kier molecular flexibility index (Phi) is 8.47. The van der Waals surface area contributed by atoms with Crippen molar-refractivity contribution in [1.82, 2.24) is 29.4 Å². The lowest BCUT2D eigenvalue weighted by Crippen LogP contribution is -2.45. The van der Waals surface area contributed by atoms with Gasteiger partial charge in [0.15, 0.2) is 17.5 Å². The third-order valence-corrected chi connectivity index (χ3v) is 8.28. The number of piperidine rings is 2. The number of amides is 1. The van der Waals surface area contributed by atoms with Crippen molar-refractivity contribution in [2.24, 2.45) is 0 Å². The molecular formula is C32H35FN8O2. The van der Waals surface area contributed by atoms with E-state index in [1.54, 1.807) is 15.6 Å². The summed E-state index contributed by atoms with van der Waals surface area (Å²) in [5.74, 6) is 0.373. The number of ether oxygens (including phenoxy) is 1. The zero-order chi connectivity index (χ0) is 29.8. The highest BCUT2D eigenvalue weighted by Gasteiger charge is 2.27. The van der Waals surface area contributed by atoms with Gasteiger partial charge in [-0.15, -0.1) is 0 Å². The molecular weight excluding hydrogens is 547 g/mol. The number of carbonyl (C=O) groups excluding carboxylic acids is 1. The van der Waals surface area contributed by atoms with Crippen LogP contribution in [0.25, 0.3) is 28.2 Å². The molecule has 2 fully saturated rings. The van der Waals surface area contributed by atoms with Crippen LogP contribution in [0.15, 0.2) is 54.9 Å². The molecule has 5 heterocycles. The highest BCUT2D eigenvalue weighted by molar-refractivity contribution is 5.79. The van der Waals surface area contributed by atoms with Crippen LogP contribution in [-0.4, -0.2) is 80.2 Å². The first kappa shape index (κ1) is 28.6. The highest BCUT2D eigenvalue weighted by atomic mass is 19.1. The zero-order valence-corrected chi connectivity index (χ0v) is 24.2. The van der Waals surface area contributed by atoms with Crippen molar-refractivity contribution in [2.75, 3.05) is 38.0 Å². The van der Waals surface area contributed by atoms with E-state index in [1.807, 2.05) is 54.7 Å². The summed E-state index contributed by atoms with van der Waals surface area (Å²) in [7, 11) is 0. The predicted octanol–water partition coefficient (Wildman–Crippen LogP) is 4.78. The Bertz CT molecular complexity index is 1620. The number of anilines is 1. The van der Waals surface area contributed by atoms with Gasteiger partial charge < -0.3 is 19.9 Å². The number of aromatic nitrogens is 4. The number of rotatable bonds is 8. The van der Waals surface area contributed by atoms with Crippen LogP contribution in [0.5, 0.6) is 5.75 Å². The Labute approximate surface area is 250 Å². The zero-order valence-electron chi connectivity index (χ0n) is 24.2. The molecule has 0 unspecified atom stereocenters. The molecule has 0 spiro atoms. The molecule has 3 aromatic heterocycles. The van der Waals surface area contributed by atoms with Crippen LogP contribution < -0.4 is 10.1 Å². The molecule has 1 atom stereocenters. The lowest BCUT2D eigenvalue weighted by atomic mass is 10.0. The van der Waals surface area contributed by atoms with Crippen LogP contribution in [0.4, 0.5) is 10.2 Å². The molecule has 1 N–H and O–H groups in total. The van der Waals surface area contributed by atoms with Crippen molar-refractivity contribution < 1.29 is 13.9 Å². The fourth-order valence-electron chi connectivity index (χ4n) is 5.88. The van der Waals surface area contributed by atoms with E-state index in [4.69, 9.17) is 15.0 Å². The van der Waals surface area contributed by atoms with Gasteiger partial charge in [-0.3, -0.25) is 4.79 Å². The predicted molar refractivity (Wildman–Crippen MR) is 161 cm³/mol. The molecule has 1 amide bonds. The van der Waals surface area contributed by atoms with Gasteiger partial charge in [0, 0.05) is 44.0 Å². The molecule has 10 nitrogen and oxygen atoms in total.